The molecular formula is C18H24N2S. The van der Waals surface area contributed by atoms with Gasteiger partial charge in [-0.2, -0.15) is 11.8 Å². The first-order chi connectivity index (χ1) is 10.3. The molecule has 2 aromatic rings. The first-order valence-electron chi connectivity index (χ1n) is 7.31. The molecule has 0 aliphatic rings. The number of likely N-dealkylation sites (N-methyl/N-ethyl adjacent to an activating group) is 1. The molecular weight excluding hydrogens is 276 g/mol. The highest BCUT2D eigenvalue weighted by Gasteiger charge is 2.14. The minimum absolute atomic E-state index is 0.293. The summed E-state index contributed by atoms with van der Waals surface area (Å²) in [6.45, 7) is 1.71. The predicted octanol–water partition coefficient (Wildman–Crippen LogP) is 3.65. The minimum Gasteiger partial charge on any atom is -0.329 e. The van der Waals surface area contributed by atoms with Gasteiger partial charge in [0.15, 0.2) is 0 Å². The van der Waals surface area contributed by atoms with E-state index in [0.29, 0.717) is 12.6 Å². The highest BCUT2D eigenvalue weighted by Crippen LogP contribution is 2.24. The van der Waals surface area contributed by atoms with E-state index >= 15 is 0 Å². The number of rotatable bonds is 7. The molecule has 2 aromatic carbocycles. The Labute approximate surface area is 132 Å². The second-order valence-electron chi connectivity index (χ2n) is 5.21. The number of hydrogen-bond acceptors (Lipinski definition) is 3. The van der Waals surface area contributed by atoms with Gasteiger partial charge in [0, 0.05) is 24.9 Å². The lowest BCUT2D eigenvalue weighted by molar-refractivity contribution is 0.266. The fourth-order valence-electron chi connectivity index (χ4n) is 2.49. The van der Waals surface area contributed by atoms with Crippen molar-refractivity contribution in [3.63, 3.8) is 0 Å². The van der Waals surface area contributed by atoms with E-state index in [2.05, 4.69) is 66.7 Å². The maximum Gasteiger partial charge on any atom is 0.0467 e. The molecule has 0 saturated heterocycles. The van der Waals surface area contributed by atoms with E-state index in [4.69, 9.17) is 5.73 Å². The molecule has 21 heavy (non-hydrogen) atoms. The van der Waals surface area contributed by atoms with E-state index in [0.717, 1.165) is 12.3 Å². The minimum atomic E-state index is 0.293. The highest BCUT2D eigenvalue weighted by molar-refractivity contribution is 7.98. The molecule has 2 rings (SSSR count). The molecule has 112 valence electrons. The summed E-state index contributed by atoms with van der Waals surface area (Å²) in [6.07, 6.45) is 2.14. The summed E-state index contributed by atoms with van der Waals surface area (Å²) in [4.78, 5) is 2.34. The van der Waals surface area contributed by atoms with Crippen LogP contribution < -0.4 is 5.73 Å². The topological polar surface area (TPSA) is 29.3 Å². The van der Waals surface area contributed by atoms with Gasteiger partial charge in [-0.1, -0.05) is 54.6 Å². The van der Waals surface area contributed by atoms with Gasteiger partial charge in [-0.3, -0.25) is 4.90 Å². The van der Waals surface area contributed by atoms with E-state index in [9.17, 15) is 0 Å². The molecule has 0 aromatic heterocycles. The van der Waals surface area contributed by atoms with Gasteiger partial charge in [-0.15, -0.1) is 0 Å². The maximum absolute atomic E-state index is 5.98. The van der Waals surface area contributed by atoms with Crippen molar-refractivity contribution in [1.29, 1.82) is 0 Å². The third-order valence-electron chi connectivity index (χ3n) is 3.81. The van der Waals surface area contributed by atoms with Crippen LogP contribution in [0.5, 0.6) is 0 Å². The van der Waals surface area contributed by atoms with Crippen molar-refractivity contribution in [3.05, 3.63) is 60.2 Å². The lowest BCUT2D eigenvalue weighted by Crippen LogP contribution is -2.32. The van der Waals surface area contributed by atoms with Gasteiger partial charge in [0.2, 0.25) is 0 Å². The van der Waals surface area contributed by atoms with Gasteiger partial charge in [0.1, 0.15) is 0 Å². The Bertz CT molecular complexity index is 525. The number of benzene rings is 2. The Morgan fingerprint density at radius 2 is 1.62 bits per heavy atom. The van der Waals surface area contributed by atoms with Crippen LogP contribution in [0.2, 0.25) is 0 Å². The van der Waals surface area contributed by atoms with Gasteiger partial charge in [-0.25, -0.2) is 0 Å². The molecule has 0 heterocycles. The molecule has 0 fully saturated rings. The van der Waals surface area contributed by atoms with Crippen molar-refractivity contribution in [2.24, 2.45) is 5.73 Å². The maximum atomic E-state index is 5.98. The van der Waals surface area contributed by atoms with Crippen LogP contribution >= 0.6 is 11.8 Å². The molecule has 0 saturated carbocycles. The normalized spacial score (nSPS) is 12.6. The Kier molecular flexibility index (Phi) is 6.30. The smallest absolute Gasteiger partial charge is 0.0467 e. The Hall–Kier alpha value is -1.29. The predicted molar refractivity (Wildman–Crippen MR) is 94.7 cm³/mol. The quantitative estimate of drug-likeness (QED) is 0.846. The van der Waals surface area contributed by atoms with E-state index in [1.807, 2.05) is 17.8 Å². The Morgan fingerprint density at radius 1 is 1.00 bits per heavy atom. The van der Waals surface area contributed by atoms with Crippen LogP contribution in [0.4, 0.5) is 0 Å². The summed E-state index contributed by atoms with van der Waals surface area (Å²) in [6, 6.07) is 19.5. The average Bonchev–Trinajstić information content (AvgIpc) is 2.55. The number of thioether (sulfide) groups is 1. The lowest BCUT2D eigenvalue weighted by atomic mass is 10.00. The highest BCUT2D eigenvalue weighted by atomic mass is 32.2. The van der Waals surface area contributed by atoms with Crippen molar-refractivity contribution in [2.75, 3.05) is 32.1 Å². The zero-order valence-electron chi connectivity index (χ0n) is 12.8. The molecule has 0 aliphatic heterocycles. The molecule has 0 amide bonds. The van der Waals surface area contributed by atoms with Crippen LogP contribution in [-0.2, 0) is 0 Å². The molecule has 0 aliphatic carbocycles. The molecule has 1 unspecified atom stereocenters. The summed E-state index contributed by atoms with van der Waals surface area (Å²) in [7, 11) is 2.15. The molecule has 0 spiro atoms. The van der Waals surface area contributed by atoms with E-state index in [1.165, 1.54) is 16.7 Å². The molecule has 0 bridgehead atoms. The Balaban J connectivity index is 2.13. The van der Waals surface area contributed by atoms with Crippen LogP contribution in [0.15, 0.2) is 54.6 Å². The van der Waals surface area contributed by atoms with Crippen molar-refractivity contribution < 1.29 is 0 Å². The van der Waals surface area contributed by atoms with Crippen molar-refractivity contribution in [3.8, 4) is 11.1 Å². The fourth-order valence-corrected chi connectivity index (χ4v) is 2.96. The second kappa shape index (κ2) is 8.23. The summed E-state index contributed by atoms with van der Waals surface area (Å²) in [5, 5.41) is 0. The first-order valence-corrected chi connectivity index (χ1v) is 8.70. The van der Waals surface area contributed by atoms with Gasteiger partial charge < -0.3 is 5.73 Å². The summed E-state index contributed by atoms with van der Waals surface area (Å²) in [5.41, 5.74) is 9.78. The average molecular weight is 300 g/mol. The molecule has 2 nitrogen and oxygen atoms in total. The molecule has 0 radical (unpaired) electrons. The monoisotopic (exact) mass is 300 g/mol. The Morgan fingerprint density at radius 3 is 2.19 bits per heavy atom. The molecule has 2 N–H and O–H groups in total. The van der Waals surface area contributed by atoms with Crippen LogP contribution in [-0.4, -0.2) is 37.0 Å². The van der Waals surface area contributed by atoms with Gasteiger partial charge in [-0.05, 0) is 30.0 Å². The zero-order chi connectivity index (χ0) is 15.1. The summed E-state index contributed by atoms with van der Waals surface area (Å²) < 4.78 is 0. The number of nitrogens with zero attached hydrogens (tertiary/aromatic N) is 1. The number of nitrogens with two attached hydrogens (primary N) is 1. The van der Waals surface area contributed by atoms with Crippen LogP contribution in [0.1, 0.15) is 11.6 Å². The van der Waals surface area contributed by atoms with Gasteiger partial charge >= 0.3 is 0 Å². The fraction of sp³-hybridized carbons (Fsp3) is 0.333. The van der Waals surface area contributed by atoms with Crippen LogP contribution in [0.25, 0.3) is 11.1 Å². The number of hydrogen-bond donors (Lipinski definition) is 1. The first kappa shape index (κ1) is 16.1. The zero-order valence-corrected chi connectivity index (χ0v) is 13.6. The van der Waals surface area contributed by atoms with Crippen LogP contribution in [0, 0.1) is 0 Å². The third-order valence-corrected chi connectivity index (χ3v) is 4.40. The third kappa shape index (κ3) is 4.34. The molecule has 1 atom stereocenters. The van der Waals surface area contributed by atoms with Crippen LogP contribution in [0.3, 0.4) is 0 Å². The van der Waals surface area contributed by atoms with E-state index < -0.39 is 0 Å². The summed E-state index contributed by atoms with van der Waals surface area (Å²) in [5.74, 6) is 1.13. The second-order valence-corrected chi connectivity index (χ2v) is 6.20. The van der Waals surface area contributed by atoms with Crippen molar-refractivity contribution in [2.45, 2.75) is 6.04 Å². The van der Waals surface area contributed by atoms with Crippen molar-refractivity contribution >= 4 is 11.8 Å². The van der Waals surface area contributed by atoms with E-state index in [1.54, 1.807) is 0 Å². The standard InChI is InChI=1S/C18H24N2S/c1-20(12-13-21-2)18(14-19)17-10-8-16(9-11-17)15-6-4-3-5-7-15/h3-11,18H,12-14,19H2,1-2H3. The lowest BCUT2D eigenvalue weighted by Gasteiger charge is -2.27. The SMILES string of the molecule is CSCCN(C)C(CN)c1ccc(-c2ccccc2)cc1. The van der Waals surface area contributed by atoms with E-state index in [-0.39, 0.29) is 0 Å². The largest absolute Gasteiger partial charge is 0.329 e. The van der Waals surface area contributed by atoms with Crippen molar-refractivity contribution in [1.82, 2.24) is 4.90 Å². The van der Waals surface area contributed by atoms with Gasteiger partial charge in [0.05, 0.1) is 0 Å². The molecule has 3 heteroatoms. The van der Waals surface area contributed by atoms with Gasteiger partial charge in [0.25, 0.3) is 0 Å². The summed E-state index contributed by atoms with van der Waals surface area (Å²) >= 11 is 1.87.